The number of hydrogen-bond acceptors (Lipinski definition) is 7. The Morgan fingerprint density at radius 3 is 2.60 bits per heavy atom. The Bertz CT molecular complexity index is 1920. The third kappa shape index (κ3) is 7.51. The maximum absolute atomic E-state index is 12.4. The van der Waals surface area contributed by atoms with E-state index in [0.29, 0.717) is 29.7 Å². The van der Waals surface area contributed by atoms with Crippen LogP contribution in [0, 0.1) is 0 Å². The lowest BCUT2D eigenvalue weighted by atomic mass is 10.2. The average Bonchev–Trinajstić information content (AvgIpc) is 3.85. The molecule has 1 saturated heterocycles. The highest BCUT2D eigenvalue weighted by Gasteiger charge is 2.22. The van der Waals surface area contributed by atoms with Crippen LogP contribution >= 0.6 is 22.3 Å². The zero-order chi connectivity index (χ0) is 32.0. The number of nitrogens with zero attached hydrogens (tertiary/aromatic N) is 4. The Hall–Kier alpha value is -4.64. The quantitative estimate of drug-likeness (QED) is 0.129. The lowest BCUT2D eigenvalue weighted by molar-refractivity contribution is -0.122. The van der Waals surface area contributed by atoms with Crippen molar-refractivity contribution < 1.29 is 9.53 Å². The van der Waals surface area contributed by atoms with Gasteiger partial charge in [0.2, 0.25) is 5.91 Å². The number of amides is 1. The SMILES string of the molecule is O=C(NCCn1ccc2ncnc(Nc3ccc(OC4=CN(Cc5ccccc5)S(Cc5ccccc5)=C4)c(Cl)c3)c21)[C@@H]1CCCN1. The Balaban J connectivity index is 1.05. The van der Waals surface area contributed by atoms with Crippen molar-refractivity contribution in [2.24, 2.45) is 0 Å². The molecule has 1 fully saturated rings. The molecule has 0 saturated carbocycles. The predicted molar refractivity (Wildman–Crippen MR) is 191 cm³/mol. The molecule has 0 radical (unpaired) electrons. The molecular weight excluding hydrogens is 630 g/mol. The van der Waals surface area contributed by atoms with E-state index in [1.165, 1.54) is 17.5 Å². The molecule has 4 heterocycles. The summed E-state index contributed by atoms with van der Waals surface area (Å²) < 4.78 is 10.8. The lowest BCUT2D eigenvalue weighted by Gasteiger charge is -2.21. The fourth-order valence-corrected chi connectivity index (χ4v) is 7.89. The number of carbonyl (C=O) groups is 1. The minimum Gasteiger partial charge on any atom is -0.454 e. The van der Waals surface area contributed by atoms with E-state index in [1.54, 1.807) is 0 Å². The lowest BCUT2D eigenvalue weighted by Crippen LogP contribution is -2.41. The Morgan fingerprint density at radius 1 is 1.02 bits per heavy atom. The van der Waals surface area contributed by atoms with Gasteiger partial charge in [0.05, 0.1) is 29.3 Å². The fourth-order valence-electron chi connectivity index (χ4n) is 5.82. The van der Waals surface area contributed by atoms with E-state index in [9.17, 15) is 4.79 Å². The van der Waals surface area contributed by atoms with E-state index in [-0.39, 0.29) is 22.6 Å². The second-order valence-electron chi connectivity index (χ2n) is 11.5. The van der Waals surface area contributed by atoms with E-state index in [2.05, 4.69) is 94.9 Å². The van der Waals surface area contributed by atoms with Crippen molar-refractivity contribution in [3.8, 4) is 5.75 Å². The highest BCUT2D eigenvalue weighted by Crippen LogP contribution is 2.36. The molecule has 7 rings (SSSR count). The van der Waals surface area contributed by atoms with Crippen molar-refractivity contribution in [1.82, 2.24) is 29.5 Å². The van der Waals surface area contributed by atoms with E-state index in [1.807, 2.05) is 42.6 Å². The van der Waals surface area contributed by atoms with Crippen molar-refractivity contribution >= 4 is 56.1 Å². The number of halogens is 1. The summed E-state index contributed by atoms with van der Waals surface area (Å²) >= 11 is 6.79. The van der Waals surface area contributed by atoms with Crippen LogP contribution in [-0.2, 0) is 23.6 Å². The van der Waals surface area contributed by atoms with Crippen LogP contribution in [0.15, 0.2) is 109 Å². The van der Waals surface area contributed by atoms with Gasteiger partial charge in [0, 0.05) is 36.1 Å². The number of hydrogen-bond donors (Lipinski definition) is 3. The first-order chi connectivity index (χ1) is 23.1. The second-order valence-corrected chi connectivity index (χ2v) is 13.7. The molecular formula is C36H36ClN7O2S. The highest BCUT2D eigenvalue weighted by molar-refractivity contribution is 8.12. The normalized spacial score (nSPS) is 17.4. The minimum atomic E-state index is -0.183. The van der Waals surface area contributed by atoms with Crippen LogP contribution in [0.25, 0.3) is 11.0 Å². The molecule has 9 nitrogen and oxygen atoms in total. The number of nitrogens with one attached hydrogen (secondary N) is 3. The minimum absolute atomic E-state index is 0.0487. The van der Waals surface area contributed by atoms with Gasteiger partial charge in [-0.15, -0.1) is 0 Å². The van der Waals surface area contributed by atoms with Gasteiger partial charge in [-0.05, 0) is 54.8 Å². The molecule has 2 aromatic heterocycles. The van der Waals surface area contributed by atoms with Crippen LogP contribution < -0.4 is 20.7 Å². The van der Waals surface area contributed by atoms with Crippen LogP contribution in [0.3, 0.4) is 0 Å². The van der Waals surface area contributed by atoms with Gasteiger partial charge in [-0.2, -0.15) is 0 Å². The van der Waals surface area contributed by atoms with E-state index in [4.69, 9.17) is 16.3 Å². The first kappa shape index (κ1) is 31.0. The van der Waals surface area contributed by atoms with Gasteiger partial charge in [-0.1, -0.05) is 82.9 Å². The summed E-state index contributed by atoms with van der Waals surface area (Å²) in [5.74, 6) is 2.95. The number of aromatic nitrogens is 3. The van der Waals surface area contributed by atoms with Gasteiger partial charge in [0.15, 0.2) is 11.6 Å². The molecule has 0 aliphatic carbocycles. The topological polar surface area (TPSA) is 96.3 Å². The molecule has 2 aliphatic heterocycles. The molecule has 3 aromatic carbocycles. The molecule has 2 aliphatic rings. The van der Waals surface area contributed by atoms with Gasteiger partial charge < -0.3 is 29.6 Å². The number of allylic oxidation sites excluding steroid dienone is 1. The number of ether oxygens (including phenoxy) is 1. The van der Waals surface area contributed by atoms with Crippen molar-refractivity contribution in [3.05, 3.63) is 126 Å². The summed E-state index contributed by atoms with van der Waals surface area (Å²) in [6, 6.07) is 28.5. The predicted octanol–water partition coefficient (Wildman–Crippen LogP) is 6.62. The smallest absolute Gasteiger partial charge is 0.237 e. The van der Waals surface area contributed by atoms with Crippen LogP contribution in [0.4, 0.5) is 11.5 Å². The first-order valence-corrected chi connectivity index (χ1v) is 17.5. The van der Waals surface area contributed by atoms with Gasteiger partial charge in [0.25, 0.3) is 0 Å². The number of rotatable bonds is 12. The molecule has 5 aromatic rings. The summed E-state index contributed by atoms with van der Waals surface area (Å²) in [6.07, 6.45) is 7.50. The van der Waals surface area contributed by atoms with Crippen molar-refractivity contribution in [1.29, 1.82) is 0 Å². The summed E-state index contributed by atoms with van der Waals surface area (Å²) in [5, 5.41) is 12.4. The van der Waals surface area contributed by atoms with Crippen molar-refractivity contribution in [2.75, 3.05) is 18.4 Å². The van der Waals surface area contributed by atoms with Crippen molar-refractivity contribution in [2.45, 2.75) is 37.7 Å². The van der Waals surface area contributed by atoms with Gasteiger partial charge in [-0.3, -0.25) is 4.79 Å². The molecule has 1 unspecified atom stereocenters. The largest absolute Gasteiger partial charge is 0.454 e. The van der Waals surface area contributed by atoms with E-state index < -0.39 is 0 Å². The maximum atomic E-state index is 12.4. The molecule has 1 amide bonds. The number of carbonyl (C=O) groups excluding carboxylic acids is 1. The third-order valence-electron chi connectivity index (χ3n) is 8.16. The molecule has 47 heavy (non-hydrogen) atoms. The first-order valence-electron chi connectivity index (χ1n) is 15.8. The average molecular weight is 666 g/mol. The Morgan fingerprint density at radius 2 is 1.83 bits per heavy atom. The monoisotopic (exact) mass is 665 g/mol. The third-order valence-corrected chi connectivity index (χ3v) is 10.4. The molecule has 0 bridgehead atoms. The molecule has 2 atom stereocenters. The Kier molecular flexibility index (Phi) is 9.50. The number of anilines is 2. The zero-order valence-corrected chi connectivity index (χ0v) is 27.4. The van der Waals surface area contributed by atoms with Gasteiger partial charge in [0.1, 0.15) is 17.6 Å². The maximum Gasteiger partial charge on any atom is 0.237 e. The molecule has 11 heteroatoms. The van der Waals surface area contributed by atoms with E-state index >= 15 is 0 Å². The fraction of sp³-hybridized carbons (Fsp3) is 0.222. The highest BCUT2D eigenvalue weighted by atomic mass is 35.5. The van der Waals surface area contributed by atoms with Crippen molar-refractivity contribution in [3.63, 3.8) is 0 Å². The number of fused-ring (bicyclic) bond motifs is 1. The van der Waals surface area contributed by atoms with Gasteiger partial charge >= 0.3 is 0 Å². The summed E-state index contributed by atoms with van der Waals surface area (Å²) in [6.45, 7) is 2.78. The van der Waals surface area contributed by atoms with Crippen LogP contribution in [0.1, 0.15) is 24.0 Å². The second kappa shape index (κ2) is 14.4. The molecule has 0 spiro atoms. The number of benzene rings is 3. The summed E-state index contributed by atoms with van der Waals surface area (Å²) in [4.78, 5) is 21.4. The molecule has 3 N–H and O–H groups in total. The van der Waals surface area contributed by atoms with Crippen LogP contribution in [-0.4, -0.2) is 49.2 Å². The Labute approximate surface area is 281 Å². The summed E-state index contributed by atoms with van der Waals surface area (Å²) in [7, 11) is -0.183. The van der Waals surface area contributed by atoms with Crippen LogP contribution in [0.2, 0.25) is 5.02 Å². The van der Waals surface area contributed by atoms with E-state index in [0.717, 1.165) is 54.2 Å². The standard InChI is InChI=1S/C36H36ClN7O2S/c37-30-20-28(42-35-34-31(40-25-41-35)15-18-43(34)19-17-39-36(45)32-12-7-16-38-32)13-14-33(30)46-29-22-44(21-26-8-3-1-4-9-26)47(24-29)23-27-10-5-2-6-11-27/h1-6,8-11,13-15,18,20,22,24-25,32,38H,7,12,16-17,19,21,23H2,(H,39,45)(H,40,41,42)/t32-,47?/m0/s1. The summed E-state index contributed by atoms with van der Waals surface area (Å²) in [5.41, 5.74) is 4.96. The molecule has 240 valence electrons. The zero-order valence-electron chi connectivity index (χ0n) is 25.8. The van der Waals surface area contributed by atoms with Gasteiger partial charge in [-0.25, -0.2) is 9.97 Å². The van der Waals surface area contributed by atoms with Crippen LogP contribution in [0.5, 0.6) is 5.75 Å².